The molecule has 5 heteroatoms. The lowest BCUT2D eigenvalue weighted by atomic mass is 9.64. The fraction of sp³-hybridized carbons (Fsp3) is 0.750. The Hall–Kier alpha value is -0.870. The molecule has 1 aliphatic carbocycles. The maximum Gasteiger partial charge on any atom is 0.137 e. The molecular formula is C16H26ClN3O. The van der Waals surface area contributed by atoms with Crippen molar-refractivity contribution in [3.05, 3.63) is 16.5 Å². The van der Waals surface area contributed by atoms with E-state index in [-0.39, 0.29) is 16.9 Å². The molecule has 1 aliphatic rings. The molecule has 0 bridgehead atoms. The third kappa shape index (κ3) is 3.02. The molecule has 0 aromatic carbocycles. The van der Waals surface area contributed by atoms with Gasteiger partial charge in [0.2, 0.25) is 0 Å². The van der Waals surface area contributed by atoms with Gasteiger partial charge in [0, 0.05) is 29.5 Å². The van der Waals surface area contributed by atoms with E-state index in [1.165, 1.54) is 0 Å². The van der Waals surface area contributed by atoms with E-state index in [1.807, 2.05) is 6.92 Å². The third-order valence-corrected chi connectivity index (χ3v) is 4.90. The Morgan fingerprint density at radius 2 is 1.90 bits per heavy atom. The summed E-state index contributed by atoms with van der Waals surface area (Å²) < 4.78 is 5.50. The number of ether oxygens (including phenoxy) is 1. The van der Waals surface area contributed by atoms with Crippen molar-refractivity contribution < 1.29 is 4.74 Å². The summed E-state index contributed by atoms with van der Waals surface area (Å²) in [7, 11) is 1.77. The zero-order chi connectivity index (χ0) is 16.0. The Morgan fingerprint density at radius 3 is 2.38 bits per heavy atom. The van der Waals surface area contributed by atoms with Crippen molar-refractivity contribution in [2.45, 2.75) is 65.5 Å². The van der Waals surface area contributed by atoms with Gasteiger partial charge >= 0.3 is 0 Å². The summed E-state index contributed by atoms with van der Waals surface area (Å²) >= 11 is 6.28. The van der Waals surface area contributed by atoms with Crippen molar-refractivity contribution in [2.24, 2.45) is 5.41 Å². The van der Waals surface area contributed by atoms with Crippen LogP contribution in [-0.4, -0.2) is 29.2 Å². The highest BCUT2D eigenvalue weighted by Gasteiger charge is 2.48. The Balaban J connectivity index is 2.27. The molecule has 0 amide bonds. The van der Waals surface area contributed by atoms with Crippen molar-refractivity contribution in [1.29, 1.82) is 0 Å². The summed E-state index contributed by atoms with van der Waals surface area (Å²) in [6, 6.07) is 0.333. The van der Waals surface area contributed by atoms with Crippen molar-refractivity contribution in [3.63, 3.8) is 0 Å². The number of nitrogens with zero attached hydrogens (tertiary/aromatic N) is 2. The summed E-state index contributed by atoms with van der Waals surface area (Å²) in [6.45, 7) is 12.6. The number of aromatic nitrogens is 2. The predicted molar refractivity (Wildman–Crippen MR) is 87.1 cm³/mol. The molecule has 0 aliphatic heterocycles. The molecule has 1 fully saturated rings. The SMILES string of the molecule is COC1CC(Nc2nc(C(C)(C)C)nc(Cl)c2C)C1(C)C. The zero-order valence-electron chi connectivity index (χ0n) is 14.0. The number of hydrogen-bond donors (Lipinski definition) is 1. The minimum atomic E-state index is -0.127. The van der Waals surface area contributed by atoms with Gasteiger partial charge in [0.25, 0.3) is 0 Å². The molecule has 4 nitrogen and oxygen atoms in total. The van der Waals surface area contributed by atoms with Gasteiger partial charge in [-0.05, 0) is 13.3 Å². The molecule has 2 unspecified atom stereocenters. The lowest BCUT2D eigenvalue weighted by Gasteiger charge is -2.51. The Bertz CT molecular complexity index is 537. The van der Waals surface area contributed by atoms with Gasteiger partial charge in [0.1, 0.15) is 16.8 Å². The first-order valence-electron chi connectivity index (χ1n) is 7.41. The molecule has 2 atom stereocenters. The number of methoxy groups -OCH3 is 1. The molecule has 0 spiro atoms. The molecule has 1 saturated carbocycles. The van der Waals surface area contributed by atoms with Gasteiger partial charge in [-0.15, -0.1) is 0 Å². The quantitative estimate of drug-likeness (QED) is 0.858. The van der Waals surface area contributed by atoms with E-state index in [4.69, 9.17) is 21.3 Å². The number of nitrogens with one attached hydrogen (secondary N) is 1. The van der Waals surface area contributed by atoms with Crippen LogP contribution in [0.25, 0.3) is 0 Å². The summed E-state index contributed by atoms with van der Waals surface area (Å²) in [5.41, 5.74) is 0.861. The topological polar surface area (TPSA) is 47.0 Å². The lowest BCUT2D eigenvalue weighted by Crippen LogP contribution is -2.57. The molecule has 1 N–H and O–H groups in total. The van der Waals surface area contributed by atoms with Gasteiger partial charge in [-0.3, -0.25) is 0 Å². The maximum atomic E-state index is 6.28. The molecule has 118 valence electrons. The minimum Gasteiger partial charge on any atom is -0.381 e. The predicted octanol–water partition coefficient (Wildman–Crippen LogP) is 3.96. The highest BCUT2D eigenvalue weighted by atomic mass is 35.5. The van der Waals surface area contributed by atoms with Crippen LogP contribution in [-0.2, 0) is 10.2 Å². The van der Waals surface area contributed by atoms with Crippen molar-refractivity contribution in [2.75, 3.05) is 12.4 Å². The molecule has 1 aromatic heterocycles. The molecule has 0 saturated heterocycles. The normalized spacial score (nSPS) is 24.6. The van der Waals surface area contributed by atoms with E-state index in [2.05, 4.69) is 44.9 Å². The van der Waals surface area contributed by atoms with E-state index in [9.17, 15) is 0 Å². The van der Waals surface area contributed by atoms with E-state index in [0.29, 0.717) is 11.2 Å². The highest BCUT2D eigenvalue weighted by molar-refractivity contribution is 6.30. The van der Waals surface area contributed by atoms with Crippen LogP contribution in [0.5, 0.6) is 0 Å². The fourth-order valence-corrected chi connectivity index (χ4v) is 2.83. The number of anilines is 1. The molecule has 1 heterocycles. The van der Waals surface area contributed by atoms with Gasteiger partial charge < -0.3 is 10.1 Å². The monoisotopic (exact) mass is 311 g/mol. The van der Waals surface area contributed by atoms with E-state index in [0.717, 1.165) is 23.6 Å². The van der Waals surface area contributed by atoms with E-state index < -0.39 is 0 Å². The Labute approximate surface area is 132 Å². The summed E-state index contributed by atoms with van der Waals surface area (Å²) in [5, 5.41) is 4.06. The largest absolute Gasteiger partial charge is 0.381 e. The molecule has 2 rings (SSSR count). The van der Waals surface area contributed by atoms with Crippen LogP contribution in [0.1, 0.15) is 52.4 Å². The number of hydrogen-bond acceptors (Lipinski definition) is 4. The third-order valence-electron chi connectivity index (χ3n) is 4.53. The first kappa shape index (κ1) is 16.5. The van der Waals surface area contributed by atoms with Crippen LogP contribution in [0.3, 0.4) is 0 Å². The standard InChI is InChI=1S/C16H26ClN3O/c1-9-12(17)19-14(15(2,3)4)20-13(9)18-10-8-11(21-7)16(10,5)6/h10-11H,8H2,1-7H3,(H,18,19,20). The fourth-order valence-electron chi connectivity index (χ4n) is 2.66. The van der Waals surface area contributed by atoms with Crippen LogP contribution in [0.15, 0.2) is 0 Å². The van der Waals surface area contributed by atoms with Crippen LogP contribution in [0.2, 0.25) is 5.15 Å². The Kier molecular flexibility index (Phi) is 4.24. The Morgan fingerprint density at radius 1 is 1.29 bits per heavy atom. The van der Waals surface area contributed by atoms with Crippen LogP contribution in [0, 0.1) is 12.3 Å². The van der Waals surface area contributed by atoms with Crippen molar-refractivity contribution in [1.82, 2.24) is 9.97 Å². The van der Waals surface area contributed by atoms with Gasteiger partial charge in [0.15, 0.2) is 0 Å². The van der Waals surface area contributed by atoms with Gasteiger partial charge in [-0.2, -0.15) is 0 Å². The van der Waals surface area contributed by atoms with Gasteiger partial charge in [-0.1, -0.05) is 46.2 Å². The lowest BCUT2D eigenvalue weighted by molar-refractivity contribution is -0.0795. The first-order valence-corrected chi connectivity index (χ1v) is 7.79. The summed E-state index contributed by atoms with van der Waals surface area (Å²) in [5.74, 6) is 1.61. The zero-order valence-corrected chi connectivity index (χ0v) is 14.8. The minimum absolute atomic E-state index is 0.0838. The number of halogens is 1. The maximum absolute atomic E-state index is 6.28. The first-order chi connectivity index (χ1) is 9.57. The smallest absolute Gasteiger partial charge is 0.137 e. The highest BCUT2D eigenvalue weighted by Crippen LogP contribution is 2.44. The second-order valence-corrected chi connectivity index (χ2v) is 7.90. The van der Waals surface area contributed by atoms with Crippen LogP contribution in [0.4, 0.5) is 5.82 Å². The second kappa shape index (κ2) is 5.40. The molecular weight excluding hydrogens is 286 g/mol. The van der Waals surface area contributed by atoms with Crippen LogP contribution >= 0.6 is 11.6 Å². The van der Waals surface area contributed by atoms with Gasteiger partial charge in [0.05, 0.1) is 6.10 Å². The summed E-state index contributed by atoms with van der Waals surface area (Å²) in [6.07, 6.45) is 1.27. The average Bonchev–Trinajstić information content (AvgIpc) is 2.37. The average molecular weight is 312 g/mol. The number of rotatable bonds is 3. The summed E-state index contributed by atoms with van der Waals surface area (Å²) in [4.78, 5) is 9.11. The van der Waals surface area contributed by atoms with Crippen LogP contribution < -0.4 is 5.32 Å². The van der Waals surface area contributed by atoms with Crippen molar-refractivity contribution in [3.8, 4) is 0 Å². The molecule has 0 radical (unpaired) electrons. The molecule has 1 aromatic rings. The van der Waals surface area contributed by atoms with E-state index in [1.54, 1.807) is 7.11 Å². The molecule has 21 heavy (non-hydrogen) atoms. The van der Waals surface area contributed by atoms with Gasteiger partial charge in [-0.25, -0.2) is 9.97 Å². The van der Waals surface area contributed by atoms with Crippen molar-refractivity contribution >= 4 is 17.4 Å². The van der Waals surface area contributed by atoms with E-state index >= 15 is 0 Å². The second-order valence-electron chi connectivity index (χ2n) is 7.54.